The van der Waals surface area contributed by atoms with E-state index in [4.69, 9.17) is 9.47 Å². The van der Waals surface area contributed by atoms with Crippen molar-refractivity contribution in [1.82, 2.24) is 10.3 Å². The van der Waals surface area contributed by atoms with E-state index in [-0.39, 0.29) is 18.0 Å². The minimum absolute atomic E-state index is 0.0131. The summed E-state index contributed by atoms with van der Waals surface area (Å²) in [4.78, 5) is 28.7. The number of fused-ring (bicyclic) bond motifs is 1. The second-order valence-electron chi connectivity index (χ2n) is 7.95. The molecule has 1 aliphatic rings. The van der Waals surface area contributed by atoms with E-state index in [1.54, 1.807) is 18.5 Å². The second kappa shape index (κ2) is 9.64. The van der Waals surface area contributed by atoms with Gasteiger partial charge in [-0.2, -0.15) is 0 Å². The van der Waals surface area contributed by atoms with Gasteiger partial charge in [-0.05, 0) is 53.8 Å². The Kier molecular flexibility index (Phi) is 6.50. The Labute approximate surface area is 187 Å². The van der Waals surface area contributed by atoms with Crippen LogP contribution in [0.15, 0.2) is 60.9 Å². The predicted octanol–water partition coefficient (Wildman–Crippen LogP) is 3.90. The number of rotatable bonds is 7. The molecule has 32 heavy (non-hydrogen) atoms. The second-order valence-corrected chi connectivity index (χ2v) is 7.95. The standard InChI is InChI=1S/C26H26N2O4/c1-17-12-19-14-20(16-28-24(29)10-9-18-6-5-11-27-15-18)32-25(19)23(13-17)21-7-3-4-8-22(21)26(30)31-2/h3-8,11-13,15,20H,9-10,14,16H2,1-2H3,(H,28,29). The summed E-state index contributed by atoms with van der Waals surface area (Å²) >= 11 is 0. The zero-order valence-corrected chi connectivity index (χ0v) is 18.3. The number of nitrogens with one attached hydrogen (secondary N) is 1. The molecular weight excluding hydrogens is 404 g/mol. The number of aromatic nitrogens is 1. The van der Waals surface area contributed by atoms with Crippen molar-refractivity contribution >= 4 is 11.9 Å². The van der Waals surface area contributed by atoms with Crippen molar-refractivity contribution in [3.8, 4) is 16.9 Å². The predicted molar refractivity (Wildman–Crippen MR) is 122 cm³/mol. The number of benzene rings is 2. The Morgan fingerprint density at radius 1 is 1.16 bits per heavy atom. The fourth-order valence-corrected chi connectivity index (χ4v) is 4.03. The molecular formula is C26H26N2O4. The van der Waals surface area contributed by atoms with Crippen LogP contribution in [-0.4, -0.2) is 36.6 Å². The number of ether oxygens (including phenoxy) is 2. The van der Waals surface area contributed by atoms with Crippen molar-refractivity contribution in [2.45, 2.75) is 32.3 Å². The van der Waals surface area contributed by atoms with Gasteiger partial charge in [-0.15, -0.1) is 0 Å². The molecule has 3 aromatic rings. The molecule has 6 nitrogen and oxygen atoms in total. The van der Waals surface area contributed by atoms with Gasteiger partial charge in [-0.25, -0.2) is 4.79 Å². The molecule has 0 radical (unpaired) electrons. The van der Waals surface area contributed by atoms with Crippen LogP contribution in [0, 0.1) is 6.92 Å². The number of methoxy groups -OCH3 is 1. The summed E-state index contributed by atoms with van der Waals surface area (Å²) in [5.41, 5.74) is 5.35. The highest BCUT2D eigenvalue weighted by Gasteiger charge is 2.28. The summed E-state index contributed by atoms with van der Waals surface area (Å²) in [6.45, 7) is 2.45. The molecule has 1 amide bonds. The minimum atomic E-state index is -0.383. The molecule has 1 N–H and O–H groups in total. The third-order valence-corrected chi connectivity index (χ3v) is 5.56. The molecule has 0 bridgehead atoms. The molecule has 4 rings (SSSR count). The van der Waals surface area contributed by atoms with Gasteiger partial charge >= 0.3 is 5.97 Å². The Hall–Kier alpha value is -3.67. The molecule has 0 saturated heterocycles. The van der Waals surface area contributed by atoms with Gasteiger partial charge in [-0.1, -0.05) is 30.3 Å². The van der Waals surface area contributed by atoms with Crippen molar-refractivity contribution in [1.29, 1.82) is 0 Å². The lowest BCUT2D eigenvalue weighted by Gasteiger charge is -2.15. The highest BCUT2D eigenvalue weighted by molar-refractivity contribution is 5.98. The third-order valence-electron chi connectivity index (χ3n) is 5.56. The topological polar surface area (TPSA) is 77.5 Å². The van der Waals surface area contributed by atoms with E-state index >= 15 is 0 Å². The van der Waals surface area contributed by atoms with Crippen LogP contribution < -0.4 is 10.1 Å². The number of esters is 1. The normalized spacial score (nSPS) is 14.4. The molecule has 0 saturated carbocycles. The molecule has 164 valence electrons. The van der Waals surface area contributed by atoms with Gasteiger partial charge < -0.3 is 14.8 Å². The van der Waals surface area contributed by atoms with Gasteiger partial charge in [0.25, 0.3) is 0 Å². The van der Waals surface area contributed by atoms with E-state index in [1.807, 2.05) is 43.3 Å². The molecule has 1 aromatic heterocycles. The van der Waals surface area contributed by atoms with Crippen molar-refractivity contribution in [2.24, 2.45) is 0 Å². The molecule has 0 fully saturated rings. The van der Waals surface area contributed by atoms with Crippen LogP contribution in [0.1, 0.15) is 33.5 Å². The van der Waals surface area contributed by atoms with E-state index in [0.717, 1.165) is 33.6 Å². The smallest absolute Gasteiger partial charge is 0.338 e. The van der Waals surface area contributed by atoms with Gasteiger partial charge in [0.2, 0.25) is 5.91 Å². The van der Waals surface area contributed by atoms with Gasteiger partial charge in [0.15, 0.2) is 0 Å². The Bertz CT molecular complexity index is 1130. The lowest BCUT2D eigenvalue weighted by molar-refractivity contribution is -0.121. The molecule has 0 spiro atoms. The number of carbonyl (C=O) groups is 2. The average molecular weight is 431 g/mol. The minimum Gasteiger partial charge on any atom is -0.487 e. The maximum atomic E-state index is 12.3. The monoisotopic (exact) mass is 430 g/mol. The first-order chi connectivity index (χ1) is 15.5. The summed E-state index contributed by atoms with van der Waals surface area (Å²) in [7, 11) is 1.38. The largest absolute Gasteiger partial charge is 0.487 e. The highest BCUT2D eigenvalue weighted by atomic mass is 16.5. The third kappa shape index (κ3) is 4.80. The van der Waals surface area contributed by atoms with Crippen LogP contribution in [0.4, 0.5) is 0 Å². The summed E-state index contributed by atoms with van der Waals surface area (Å²) in [6, 6.07) is 15.3. The zero-order chi connectivity index (χ0) is 22.5. The molecule has 2 heterocycles. The quantitative estimate of drug-likeness (QED) is 0.576. The summed E-state index contributed by atoms with van der Waals surface area (Å²) in [5.74, 6) is 0.369. The van der Waals surface area contributed by atoms with E-state index in [2.05, 4.69) is 16.4 Å². The van der Waals surface area contributed by atoms with Crippen LogP contribution in [0.5, 0.6) is 5.75 Å². The van der Waals surface area contributed by atoms with E-state index < -0.39 is 0 Å². The molecule has 6 heteroatoms. The number of amides is 1. The molecule has 1 aliphatic heterocycles. The van der Waals surface area contributed by atoms with Crippen molar-refractivity contribution in [3.05, 3.63) is 83.2 Å². The number of nitrogens with zero attached hydrogens (tertiary/aromatic N) is 1. The van der Waals surface area contributed by atoms with Gasteiger partial charge in [0.05, 0.1) is 19.2 Å². The zero-order valence-electron chi connectivity index (χ0n) is 18.3. The fraction of sp³-hybridized carbons (Fsp3) is 0.269. The van der Waals surface area contributed by atoms with Crippen LogP contribution >= 0.6 is 0 Å². The van der Waals surface area contributed by atoms with E-state index in [1.165, 1.54) is 7.11 Å². The number of aryl methyl sites for hydroxylation is 2. The fourth-order valence-electron chi connectivity index (χ4n) is 4.03. The number of pyridine rings is 1. The van der Waals surface area contributed by atoms with Gasteiger partial charge in [-0.3, -0.25) is 9.78 Å². The van der Waals surface area contributed by atoms with E-state index in [0.29, 0.717) is 31.4 Å². The van der Waals surface area contributed by atoms with Gasteiger partial charge in [0, 0.05) is 30.8 Å². The number of carbonyl (C=O) groups excluding carboxylic acids is 2. The Morgan fingerprint density at radius 3 is 2.78 bits per heavy atom. The first kappa shape index (κ1) is 21.6. The summed E-state index contributed by atoms with van der Waals surface area (Å²) < 4.78 is 11.2. The summed E-state index contributed by atoms with van der Waals surface area (Å²) in [5, 5.41) is 2.98. The van der Waals surface area contributed by atoms with Crippen molar-refractivity contribution < 1.29 is 19.1 Å². The Balaban J connectivity index is 1.45. The van der Waals surface area contributed by atoms with Crippen molar-refractivity contribution in [2.75, 3.05) is 13.7 Å². The van der Waals surface area contributed by atoms with Crippen molar-refractivity contribution in [3.63, 3.8) is 0 Å². The molecule has 2 aromatic carbocycles. The lowest BCUT2D eigenvalue weighted by Crippen LogP contribution is -2.34. The molecule has 1 unspecified atom stereocenters. The number of hydrogen-bond donors (Lipinski definition) is 1. The van der Waals surface area contributed by atoms with Gasteiger partial charge in [0.1, 0.15) is 11.9 Å². The number of hydrogen-bond acceptors (Lipinski definition) is 5. The average Bonchev–Trinajstić information content (AvgIpc) is 3.23. The molecule has 1 atom stereocenters. The van der Waals surface area contributed by atoms with Crippen LogP contribution in [-0.2, 0) is 22.4 Å². The first-order valence-corrected chi connectivity index (χ1v) is 10.7. The Morgan fingerprint density at radius 2 is 2.00 bits per heavy atom. The molecule has 0 aliphatic carbocycles. The van der Waals surface area contributed by atoms with Crippen LogP contribution in [0.2, 0.25) is 0 Å². The maximum absolute atomic E-state index is 12.3. The highest BCUT2D eigenvalue weighted by Crippen LogP contribution is 2.41. The summed E-state index contributed by atoms with van der Waals surface area (Å²) in [6.07, 6.45) is 5.10. The SMILES string of the molecule is COC(=O)c1ccccc1-c1cc(C)cc2c1OC(CNC(=O)CCc1cccnc1)C2. The van der Waals surface area contributed by atoms with E-state index in [9.17, 15) is 9.59 Å². The van der Waals surface area contributed by atoms with Crippen LogP contribution in [0.3, 0.4) is 0 Å². The van der Waals surface area contributed by atoms with Crippen LogP contribution in [0.25, 0.3) is 11.1 Å². The maximum Gasteiger partial charge on any atom is 0.338 e. The lowest BCUT2D eigenvalue weighted by atomic mass is 9.94. The first-order valence-electron chi connectivity index (χ1n) is 10.7.